The first-order valence-corrected chi connectivity index (χ1v) is 7.57. The van der Waals surface area contributed by atoms with Crippen LogP contribution < -0.4 is 10.2 Å². The molecule has 1 saturated heterocycles. The predicted octanol–water partition coefficient (Wildman–Crippen LogP) is 3.13. The van der Waals surface area contributed by atoms with Crippen LogP contribution in [0.1, 0.15) is 18.9 Å². The summed E-state index contributed by atoms with van der Waals surface area (Å²) in [4.78, 5) is 26.1. The SMILES string of the molecule is CCc1ccccc1N1C(=O)C[C@H](Nc2ccccc2F)C1=O. The van der Waals surface area contributed by atoms with Crippen molar-refractivity contribution >= 4 is 23.2 Å². The molecule has 3 rings (SSSR count). The third-order valence-corrected chi connectivity index (χ3v) is 3.96. The molecule has 2 amide bonds. The number of carbonyl (C=O) groups is 2. The minimum absolute atomic E-state index is 0.0191. The lowest BCUT2D eigenvalue weighted by Gasteiger charge is -2.19. The summed E-state index contributed by atoms with van der Waals surface area (Å²) in [5, 5.41) is 2.84. The quantitative estimate of drug-likeness (QED) is 0.882. The number of rotatable bonds is 4. The van der Waals surface area contributed by atoms with Gasteiger partial charge in [0.2, 0.25) is 5.91 Å². The summed E-state index contributed by atoms with van der Waals surface area (Å²) < 4.78 is 13.7. The van der Waals surface area contributed by atoms with E-state index in [0.717, 1.165) is 12.0 Å². The Bertz CT molecular complexity index is 760. The van der Waals surface area contributed by atoms with E-state index in [4.69, 9.17) is 0 Å². The lowest BCUT2D eigenvalue weighted by Crippen LogP contribution is -2.35. The van der Waals surface area contributed by atoms with Crippen LogP contribution in [0.15, 0.2) is 48.5 Å². The predicted molar refractivity (Wildman–Crippen MR) is 86.7 cm³/mol. The highest BCUT2D eigenvalue weighted by atomic mass is 19.1. The van der Waals surface area contributed by atoms with Gasteiger partial charge in [-0.2, -0.15) is 0 Å². The largest absolute Gasteiger partial charge is 0.371 e. The van der Waals surface area contributed by atoms with Gasteiger partial charge >= 0.3 is 0 Å². The zero-order valence-electron chi connectivity index (χ0n) is 12.8. The molecule has 5 heteroatoms. The standard InChI is InChI=1S/C18H17FN2O2/c1-2-12-7-3-6-10-16(12)21-17(22)11-15(18(21)23)20-14-9-5-4-8-13(14)19/h3-10,15,20H,2,11H2,1H3/t15-/m0/s1. The molecule has 1 aliphatic rings. The Morgan fingerprint density at radius 2 is 1.83 bits per heavy atom. The number of halogens is 1. The van der Waals surface area contributed by atoms with Gasteiger partial charge in [-0.3, -0.25) is 9.59 Å². The Labute approximate surface area is 133 Å². The number of imide groups is 1. The van der Waals surface area contributed by atoms with Gasteiger partial charge in [0.1, 0.15) is 11.9 Å². The van der Waals surface area contributed by atoms with Crippen LogP contribution in [-0.2, 0) is 16.0 Å². The number of amides is 2. The van der Waals surface area contributed by atoms with Crippen LogP contribution in [0.3, 0.4) is 0 Å². The molecule has 0 spiro atoms. The average Bonchev–Trinajstić information content (AvgIpc) is 2.83. The summed E-state index contributed by atoms with van der Waals surface area (Å²) in [6.07, 6.45) is 0.740. The molecule has 1 aliphatic heterocycles. The molecular weight excluding hydrogens is 295 g/mol. The first-order valence-electron chi connectivity index (χ1n) is 7.57. The van der Waals surface area contributed by atoms with E-state index in [2.05, 4.69) is 5.32 Å². The van der Waals surface area contributed by atoms with Crippen molar-refractivity contribution in [2.75, 3.05) is 10.2 Å². The highest BCUT2D eigenvalue weighted by Gasteiger charge is 2.40. The van der Waals surface area contributed by atoms with E-state index in [1.54, 1.807) is 30.3 Å². The van der Waals surface area contributed by atoms with Crippen molar-refractivity contribution < 1.29 is 14.0 Å². The van der Waals surface area contributed by atoms with Gasteiger partial charge in [-0.1, -0.05) is 37.3 Å². The number of hydrogen-bond acceptors (Lipinski definition) is 3. The van der Waals surface area contributed by atoms with Crippen molar-refractivity contribution in [2.24, 2.45) is 0 Å². The van der Waals surface area contributed by atoms with Crippen molar-refractivity contribution in [3.05, 3.63) is 59.9 Å². The molecule has 1 atom stereocenters. The van der Waals surface area contributed by atoms with E-state index < -0.39 is 11.9 Å². The third-order valence-electron chi connectivity index (χ3n) is 3.96. The van der Waals surface area contributed by atoms with Gasteiger partial charge in [-0.25, -0.2) is 9.29 Å². The van der Waals surface area contributed by atoms with Crippen LogP contribution in [0.2, 0.25) is 0 Å². The summed E-state index contributed by atoms with van der Waals surface area (Å²) >= 11 is 0. The second-order valence-corrected chi connectivity index (χ2v) is 5.43. The van der Waals surface area contributed by atoms with Gasteiger partial charge in [0.25, 0.3) is 5.91 Å². The minimum atomic E-state index is -0.746. The van der Waals surface area contributed by atoms with Crippen molar-refractivity contribution in [3.8, 4) is 0 Å². The van der Waals surface area contributed by atoms with Crippen LogP contribution in [0, 0.1) is 5.82 Å². The molecule has 0 unspecified atom stereocenters. The van der Waals surface area contributed by atoms with Gasteiger partial charge < -0.3 is 5.32 Å². The minimum Gasteiger partial charge on any atom is -0.371 e. The summed E-state index contributed by atoms with van der Waals surface area (Å²) in [6.45, 7) is 1.97. The van der Waals surface area contributed by atoms with E-state index in [-0.39, 0.29) is 23.9 Å². The smallest absolute Gasteiger partial charge is 0.256 e. The summed E-state index contributed by atoms with van der Waals surface area (Å²) in [7, 11) is 0. The molecule has 118 valence electrons. The van der Waals surface area contributed by atoms with Crippen molar-refractivity contribution in [2.45, 2.75) is 25.8 Å². The summed E-state index contributed by atoms with van der Waals surface area (Å²) in [6, 6.07) is 12.7. The van der Waals surface area contributed by atoms with E-state index >= 15 is 0 Å². The Morgan fingerprint density at radius 3 is 2.57 bits per heavy atom. The molecule has 4 nitrogen and oxygen atoms in total. The number of aryl methyl sites for hydroxylation is 1. The summed E-state index contributed by atoms with van der Waals surface area (Å²) in [5.74, 6) is -1.07. The van der Waals surface area contributed by atoms with Crippen LogP contribution in [0.25, 0.3) is 0 Å². The van der Waals surface area contributed by atoms with Crippen LogP contribution in [0.4, 0.5) is 15.8 Å². The molecule has 0 aliphatic carbocycles. The molecule has 0 bridgehead atoms. The normalized spacial score (nSPS) is 17.7. The molecule has 1 fully saturated rings. The molecule has 0 saturated carbocycles. The Balaban J connectivity index is 1.87. The Morgan fingerprint density at radius 1 is 1.13 bits per heavy atom. The second kappa shape index (κ2) is 6.20. The zero-order chi connectivity index (χ0) is 16.4. The lowest BCUT2D eigenvalue weighted by molar-refractivity contribution is -0.121. The molecule has 2 aromatic carbocycles. The highest BCUT2D eigenvalue weighted by molar-refractivity contribution is 6.23. The maximum absolute atomic E-state index is 13.7. The molecular formula is C18H17FN2O2. The molecule has 23 heavy (non-hydrogen) atoms. The van der Waals surface area contributed by atoms with E-state index in [1.165, 1.54) is 11.0 Å². The fourth-order valence-electron chi connectivity index (χ4n) is 2.79. The average molecular weight is 312 g/mol. The topological polar surface area (TPSA) is 49.4 Å². The molecule has 0 aromatic heterocycles. The second-order valence-electron chi connectivity index (χ2n) is 5.43. The number of hydrogen-bond donors (Lipinski definition) is 1. The summed E-state index contributed by atoms with van der Waals surface area (Å²) in [5.41, 5.74) is 1.77. The highest BCUT2D eigenvalue weighted by Crippen LogP contribution is 2.28. The molecule has 0 radical (unpaired) electrons. The number of carbonyl (C=O) groups excluding carboxylic acids is 2. The number of nitrogens with one attached hydrogen (secondary N) is 1. The van der Waals surface area contributed by atoms with Gasteiger partial charge in [0.05, 0.1) is 17.8 Å². The van der Waals surface area contributed by atoms with E-state index in [1.807, 2.05) is 19.1 Å². The van der Waals surface area contributed by atoms with Gasteiger partial charge in [0.15, 0.2) is 0 Å². The number of para-hydroxylation sites is 2. The van der Waals surface area contributed by atoms with Gasteiger partial charge in [-0.15, -0.1) is 0 Å². The van der Waals surface area contributed by atoms with Crippen LogP contribution in [0.5, 0.6) is 0 Å². The Hall–Kier alpha value is -2.69. The van der Waals surface area contributed by atoms with E-state index in [9.17, 15) is 14.0 Å². The van der Waals surface area contributed by atoms with Gasteiger partial charge in [0, 0.05) is 0 Å². The number of anilines is 2. The van der Waals surface area contributed by atoms with Gasteiger partial charge in [-0.05, 0) is 30.2 Å². The van der Waals surface area contributed by atoms with Crippen LogP contribution in [-0.4, -0.2) is 17.9 Å². The fourth-order valence-corrected chi connectivity index (χ4v) is 2.79. The van der Waals surface area contributed by atoms with E-state index in [0.29, 0.717) is 5.69 Å². The van der Waals surface area contributed by atoms with Crippen molar-refractivity contribution in [3.63, 3.8) is 0 Å². The Kier molecular flexibility index (Phi) is 4.10. The van der Waals surface area contributed by atoms with Crippen molar-refractivity contribution in [1.82, 2.24) is 0 Å². The molecule has 1 N–H and O–H groups in total. The number of nitrogens with zero attached hydrogens (tertiary/aromatic N) is 1. The maximum Gasteiger partial charge on any atom is 0.256 e. The zero-order valence-corrected chi connectivity index (χ0v) is 12.8. The first-order chi connectivity index (χ1) is 11.1. The first kappa shape index (κ1) is 15.2. The van der Waals surface area contributed by atoms with Crippen LogP contribution >= 0.6 is 0 Å². The lowest BCUT2D eigenvalue weighted by atomic mass is 10.1. The number of benzene rings is 2. The molecule has 2 aromatic rings. The van der Waals surface area contributed by atoms with Crippen molar-refractivity contribution in [1.29, 1.82) is 0 Å². The molecule has 1 heterocycles. The third kappa shape index (κ3) is 2.82. The maximum atomic E-state index is 13.7. The fraction of sp³-hybridized carbons (Fsp3) is 0.222. The monoisotopic (exact) mass is 312 g/mol.